The molecule has 0 aliphatic heterocycles. The van der Waals surface area contributed by atoms with Crippen LogP contribution in [0.4, 0.5) is 0 Å². The summed E-state index contributed by atoms with van der Waals surface area (Å²) in [4.78, 5) is 38.0. The largest absolute Gasteiger partial charge is 0.348 e. The van der Waals surface area contributed by atoms with Gasteiger partial charge in [0, 0.05) is 16.0 Å². The molecule has 0 saturated heterocycles. The average molecular weight is 342 g/mol. The molecular weight excluding hydrogens is 324 g/mol. The molecular formula is C17H18N4O2S. The number of nitrogens with zero attached hydrogens (tertiary/aromatic N) is 1. The monoisotopic (exact) mass is 342 g/mol. The fourth-order valence-corrected chi connectivity index (χ4v) is 3.02. The minimum atomic E-state index is -0.361. The summed E-state index contributed by atoms with van der Waals surface area (Å²) < 4.78 is 0. The number of thiophene rings is 1. The first-order valence-corrected chi connectivity index (χ1v) is 8.36. The first-order valence-electron chi connectivity index (χ1n) is 7.48. The second-order valence-electron chi connectivity index (χ2n) is 6.45. The summed E-state index contributed by atoms with van der Waals surface area (Å²) in [5.41, 5.74) is 0.681. The average Bonchev–Trinajstić information content (AvgIpc) is 3.14. The van der Waals surface area contributed by atoms with Crippen molar-refractivity contribution in [2.45, 2.75) is 26.2 Å². The topological polar surface area (TPSA) is 94.4 Å². The maximum atomic E-state index is 12.3. The smallest absolute Gasteiger partial charge is 0.272 e. The molecule has 3 aromatic rings. The lowest BCUT2D eigenvalue weighted by molar-refractivity contribution is 0.571. The third-order valence-corrected chi connectivity index (χ3v) is 4.33. The summed E-state index contributed by atoms with van der Waals surface area (Å²) in [5, 5.41) is 2.32. The van der Waals surface area contributed by atoms with Gasteiger partial charge >= 0.3 is 0 Å². The SMILES string of the molecule is CC(C)(C)c1[nH]cnc1/C=c1\[nH]c(=O)/c(=C/c2cccs2)[nH]c1=O. The number of aromatic amines is 3. The van der Waals surface area contributed by atoms with E-state index in [1.54, 1.807) is 18.5 Å². The van der Waals surface area contributed by atoms with Crippen LogP contribution in [0.1, 0.15) is 37.0 Å². The van der Waals surface area contributed by atoms with E-state index in [9.17, 15) is 9.59 Å². The lowest BCUT2D eigenvalue weighted by Crippen LogP contribution is -2.46. The Morgan fingerprint density at radius 2 is 1.75 bits per heavy atom. The van der Waals surface area contributed by atoms with Crippen LogP contribution in [0.3, 0.4) is 0 Å². The number of imidazole rings is 1. The van der Waals surface area contributed by atoms with Crippen molar-refractivity contribution < 1.29 is 0 Å². The molecule has 6 nitrogen and oxygen atoms in total. The normalized spacial score (nSPS) is 13.6. The lowest BCUT2D eigenvalue weighted by Gasteiger charge is -2.16. The Kier molecular flexibility index (Phi) is 4.11. The van der Waals surface area contributed by atoms with Gasteiger partial charge in [-0.15, -0.1) is 11.3 Å². The van der Waals surface area contributed by atoms with Crippen LogP contribution in [0.25, 0.3) is 12.2 Å². The molecule has 0 atom stereocenters. The summed E-state index contributed by atoms with van der Waals surface area (Å²) in [6.07, 6.45) is 4.83. The number of hydrogen-bond donors (Lipinski definition) is 3. The van der Waals surface area contributed by atoms with Gasteiger partial charge in [0.1, 0.15) is 10.7 Å². The van der Waals surface area contributed by atoms with Crippen LogP contribution >= 0.6 is 11.3 Å². The van der Waals surface area contributed by atoms with E-state index in [1.165, 1.54) is 11.3 Å². The van der Waals surface area contributed by atoms with Gasteiger partial charge in [-0.05, 0) is 23.6 Å². The molecule has 7 heteroatoms. The molecule has 0 saturated carbocycles. The Morgan fingerprint density at radius 1 is 1.08 bits per heavy atom. The predicted molar refractivity (Wildman–Crippen MR) is 95.7 cm³/mol. The van der Waals surface area contributed by atoms with Crippen molar-refractivity contribution in [3.05, 3.63) is 71.5 Å². The molecule has 24 heavy (non-hydrogen) atoms. The number of aromatic nitrogens is 4. The van der Waals surface area contributed by atoms with Gasteiger partial charge in [-0.1, -0.05) is 26.8 Å². The maximum Gasteiger partial charge on any atom is 0.272 e. The van der Waals surface area contributed by atoms with Gasteiger partial charge in [-0.25, -0.2) is 4.98 Å². The van der Waals surface area contributed by atoms with E-state index in [-0.39, 0.29) is 27.2 Å². The summed E-state index contributed by atoms with van der Waals surface area (Å²) in [6.45, 7) is 6.14. The van der Waals surface area contributed by atoms with Crippen molar-refractivity contribution in [3.8, 4) is 0 Å². The van der Waals surface area contributed by atoms with Gasteiger partial charge in [-0.3, -0.25) is 9.59 Å². The van der Waals surface area contributed by atoms with Crippen LogP contribution in [0, 0.1) is 0 Å². The molecule has 0 amide bonds. The first kappa shape index (κ1) is 16.2. The molecule has 124 valence electrons. The summed E-state index contributed by atoms with van der Waals surface area (Å²) in [5.74, 6) is 0. The van der Waals surface area contributed by atoms with Gasteiger partial charge in [-0.2, -0.15) is 0 Å². The van der Waals surface area contributed by atoms with Crippen molar-refractivity contribution in [3.63, 3.8) is 0 Å². The zero-order valence-electron chi connectivity index (χ0n) is 13.6. The third kappa shape index (κ3) is 3.30. The zero-order valence-corrected chi connectivity index (χ0v) is 14.5. The van der Waals surface area contributed by atoms with E-state index in [1.807, 2.05) is 38.3 Å². The summed E-state index contributed by atoms with van der Waals surface area (Å²) in [6, 6.07) is 3.76. The lowest BCUT2D eigenvalue weighted by atomic mass is 9.90. The minimum absolute atomic E-state index is 0.151. The van der Waals surface area contributed by atoms with Crippen LogP contribution in [0.5, 0.6) is 0 Å². The van der Waals surface area contributed by atoms with Crippen molar-refractivity contribution >= 4 is 23.5 Å². The van der Waals surface area contributed by atoms with E-state index in [0.717, 1.165) is 10.6 Å². The number of hydrogen-bond acceptors (Lipinski definition) is 4. The van der Waals surface area contributed by atoms with Gasteiger partial charge in [0.2, 0.25) is 0 Å². The van der Waals surface area contributed by atoms with E-state index in [2.05, 4.69) is 19.9 Å². The number of nitrogens with one attached hydrogen (secondary N) is 3. The molecule has 0 unspecified atom stereocenters. The Morgan fingerprint density at radius 3 is 2.33 bits per heavy atom. The van der Waals surface area contributed by atoms with Crippen molar-refractivity contribution in [1.29, 1.82) is 0 Å². The molecule has 0 aromatic carbocycles. The molecule has 0 aliphatic rings. The highest BCUT2D eigenvalue weighted by Crippen LogP contribution is 2.22. The molecule has 0 bridgehead atoms. The van der Waals surface area contributed by atoms with Gasteiger partial charge in [0.15, 0.2) is 0 Å². The number of rotatable bonds is 2. The Bertz CT molecular complexity index is 1080. The van der Waals surface area contributed by atoms with E-state index in [0.29, 0.717) is 5.69 Å². The maximum absolute atomic E-state index is 12.3. The quantitative estimate of drug-likeness (QED) is 0.643. The van der Waals surface area contributed by atoms with Crippen molar-refractivity contribution in [2.24, 2.45) is 0 Å². The highest BCUT2D eigenvalue weighted by Gasteiger charge is 2.19. The zero-order chi connectivity index (χ0) is 17.3. The Hall–Kier alpha value is -2.67. The van der Waals surface area contributed by atoms with Crippen molar-refractivity contribution in [2.75, 3.05) is 0 Å². The molecule has 3 N–H and O–H groups in total. The molecule has 3 aromatic heterocycles. The molecule has 0 spiro atoms. The first-order chi connectivity index (χ1) is 11.3. The van der Waals surface area contributed by atoms with Gasteiger partial charge < -0.3 is 15.0 Å². The van der Waals surface area contributed by atoms with Crippen LogP contribution in [-0.4, -0.2) is 19.9 Å². The van der Waals surface area contributed by atoms with Gasteiger partial charge in [0.05, 0.1) is 12.0 Å². The molecule has 0 fully saturated rings. The highest BCUT2D eigenvalue weighted by atomic mass is 32.1. The summed E-state index contributed by atoms with van der Waals surface area (Å²) >= 11 is 1.49. The van der Waals surface area contributed by atoms with Crippen molar-refractivity contribution in [1.82, 2.24) is 19.9 Å². The summed E-state index contributed by atoms with van der Waals surface area (Å²) in [7, 11) is 0. The van der Waals surface area contributed by atoms with E-state index < -0.39 is 0 Å². The fourth-order valence-electron chi connectivity index (χ4n) is 2.36. The van der Waals surface area contributed by atoms with Crippen LogP contribution < -0.4 is 21.8 Å². The molecule has 0 aliphatic carbocycles. The van der Waals surface area contributed by atoms with Gasteiger partial charge in [0.25, 0.3) is 11.1 Å². The molecule has 0 radical (unpaired) electrons. The molecule has 3 rings (SSSR count). The Balaban J connectivity index is 2.15. The Labute approximate surface area is 141 Å². The minimum Gasteiger partial charge on any atom is -0.348 e. The van der Waals surface area contributed by atoms with Crippen LogP contribution in [0.2, 0.25) is 0 Å². The second-order valence-corrected chi connectivity index (χ2v) is 7.43. The highest BCUT2D eigenvalue weighted by molar-refractivity contribution is 7.10. The van der Waals surface area contributed by atoms with Crippen LogP contribution in [0.15, 0.2) is 33.4 Å². The van der Waals surface area contributed by atoms with E-state index >= 15 is 0 Å². The van der Waals surface area contributed by atoms with E-state index in [4.69, 9.17) is 0 Å². The predicted octanol–water partition coefficient (Wildman–Crippen LogP) is 0.803. The number of H-pyrrole nitrogens is 3. The standard InChI is InChI=1S/C17H18N4O2S/c1-17(2,3)14-11(18-9-19-14)8-13-16(23)20-12(15(22)21-13)7-10-5-4-6-24-10/h4-9H,1-3H3,(H,18,19)(H,20,23)(H,21,22)/b12-7-,13-8-. The molecule has 3 heterocycles. The fraction of sp³-hybridized carbons (Fsp3) is 0.235. The van der Waals surface area contributed by atoms with Crippen LogP contribution in [-0.2, 0) is 5.41 Å². The second kappa shape index (κ2) is 6.09. The third-order valence-electron chi connectivity index (χ3n) is 3.52.